The summed E-state index contributed by atoms with van der Waals surface area (Å²) >= 11 is 0. The van der Waals surface area contributed by atoms with Gasteiger partial charge in [-0.25, -0.2) is 9.97 Å². The number of benzene rings is 1. The fraction of sp³-hybridized carbons (Fsp3) is 0.263. The van der Waals surface area contributed by atoms with Crippen LogP contribution in [0.1, 0.15) is 37.4 Å². The minimum absolute atomic E-state index is 0.111. The number of nitrogens with zero attached hydrogens (tertiary/aromatic N) is 4. The Morgan fingerprint density at radius 3 is 2.62 bits per heavy atom. The van der Waals surface area contributed by atoms with Gasteiger partial charge in [-0.15, -0.1) is 0 Å². The fourth-order valence-corrected chi connectivity index (χ4v) is 2.54. The number of aryl methyl sites for hydroxylation is 1. The van der Waals surface area contributed by atoms with Crippen molar-refractivity contribution in [3.8, 4) is 5.95 Å². The van der Waals surface area contributed by atoms with Crippen molar-refractivity contribution in [2.45, 2.75) is 32.6 Å². The van der Waals surface area contributed by atoms with Crippen molar-refractivity contribution in [3.63, 3.8) is 0 Å². The van der Waals surface area contributed by atoms with E-state index in [9.17, 15) is 4.79 Å². The molecule has 0 radical (unpaired) electrons. The topological polar surface area (TPSA) is 98.7 Å². The van der Waals surface area contributed by atoms with Crippen molar-refractivity contribution in [1.82, 2.24) is 19.7 Å². The number of nitrogens with one attached hydrogen (secondary N) is 1. The number of carbonyl (C=O) groups is 1. The number of amides is 1. The highest BCUT2D eigenvalue weighted by atomic mass is 16.1. The van der Waals surface area contributed by atoms with Gasteiger partial charge in [-0.05, 0) is 30.0 Å². The van der Waals surface area contributed by atoms with Crippen LogP contribution in [0.15, 0.2) is 48.8 Å². The number of hydrogen-bond donors (Lipinski definition) is 2. The summed E-state index contributed by atoms with van der Waals surface area (Å²) in [6.07, 6.45) is 4.18. The largest absolute Gasteiger partial charge is 0.399 e. The summed E-state index contributed by atoms with van der Waals surface area (Å²) in [5.41, 5.74) is 8.46. The molecule has 0 saturated carbocycles. The summed E-state index contributed by atoms with van der Waals surface area (Å²) in [4.78, 5) is 20.9. The van der Waals surface area contributed by atoms with Crippen LogP contribution in [0.3, 0.4) is 0 Å². The predicted octanol–water partition coefficient (Wildman–Crippen LogP) is 2.94. The number of carbonyl (C=O) groups excluding carboxylic acids is 1. The van der Waals surface area contributed by atoms with E-state index in [1.807, 2.05) is 44.2 Å². The Balaban J connectivity index is 1.76. The van der Waals surface area contributed by atoms with Crippen molar-refractivity contribution < 1.29 is 4.79 Å². The van der Waals surface area contributed by atoms with Gasteiger partial charge in [0, 0.05) is 30.6 Å². The zero-order valence-corrected chi connectivity index (χ0v) is 14.9. The standard InChI is InChI=1S/C19H22N6O/c1-13(2)16-12-17(25(24-16)19-21-10-5-11-22-19)23-18(26)9-8-14-6-3-4-7-15(14)20/h3-7,10-13H,8-9,20H2,1-2H3,(H,23,26). The lowest BCUT2D eigenvalue weighted by molar-refractivity contribution is -0.116. The molecule has 7 nitrogen and oxygen atoms in total. The quantitative estimate of drug-likeness (QED) is 0.666. The van der Waals surface area contributed by atoms with Crippen molar-refractivity contribution in [2.24, 2.45) is 0 Å². The predicted molar refractivity (Wildman–Crippen MR) is 101 cm³/mol. The third kappa shape index (κ3) is 4.05. The molecule has 0 aliphatic carbocycles. The van der Waals surface area contributed by atoms with E-state index in [2.05, 4.69) is 20.4 Å². The van der Waals surface area contributed by atoms with Gasteiger partial charge in [0.25, 0.3) is 5.95 Å². The molecule has 0 spiro atoms. The number of para-hydroxylation sites is 1. The Hall–Kier alpha value is -3.22. The van der Waals surface area contributed by atoms with Gasteiger partial charge in [0.1, 0.15) is 5.82 Å². The molecule has 7 heteroatoms. The molecule has 2 heterocycles. The molecule has 3 rings (SSSR count). The van der Waals surface area contributed by atoms with E-state index in [4.69, 9.17) is 5.73 Å². The van der Waals surface area contributed by atoms with E-state index >= 15 is 0 Å². The van der Waals surface area contributed by atoms with Gasteiger partial charge < -0.3 is 11.1 Å². The van der Waals surface area contributed by atoms with Crippen molar-refractivity contribution in [2.75, 3.05) is 11.1 Å². The number of aromatic nitrogens is 4. The molecule has 134 valence electrons. The van der Waals surface area contributed by atoms with Gasteiger partial charge in [-0.3, -0.25) is 4.79 Å². The Morgan fingerprint density at radius 2 is 1.92 bits per heavy atom. The molecule has 0 saturated heterocycles. The van der Waals surface area contributed by atoms with Gasteiger partial charge in [0.2, 0.25) is 5.91 Å². The summed E-state index contributed by atoms with van der Waals surface area (Å²) in [5.74, 6) is 1.09. The van der Waals surface area contributed by atoms with Gasteiger partial charge in [-0.2, -0.15) is 9.78 Å². The minimum atomic E-state index is -0.111. The van der Waals surface area contributed by atoms with E-state index in [0.29, 0.717) is 30.3 Å². The second-order valence-electron chi connectivity index (χ2n) is 6.32. The molecular weight excluding hydrogens is 328 g/mol. The van der Waals surface area contributed by atoms with E-state index in [0.717, 1.165) is 11.3 Å². The lowest BCUT2D eigenvalue weighted by Crippen LogP contribution is -2.16. The third-order valence-corrected chi connectivity index (χ3v) is 4.01. The summed E-state index contributed by atoms with van der Waals surface area (Å²) in [6, 6.07) is 11.2. The van der Waals surface area contributed by atoms with Gasteiger partial charge in [0.05, 0.1) is 5.69 Å². The van der Waals surface area contributed by atoms with E-state index < -0.39 is 0 Å². The molecule has 0 aliphatic heterocycles. The smallest absolute Gasteiger partial charge is 0.252 e. The molecule has 1 aromatic carbocycles. The van der Waals surface area contributed by atoms with Crippen molar-refractivity contribution in [3.05, 3.63) is 60.0 Å². The molecule has 0 bridgehead atoms. The number of hydrogen-bond acceptors (Lipinski definition) is 5. The molecule has 3 N–H and O–H groups in total. The number of rotatable bonds is 6. The first-order chi connectivity index (χ1) is 12.5. The van der Waals surface area contributed by atoms with E-state index in [-0.39, 0.29) is 11.8 Å². The van der Waals surface area contributed by atoms with Gasteiger partial charge in [-0.1, -0.05) is 32.0 Å². The average molecular weight is 350 g/mol. The average Bonchev–Trinajstić information content (AvgIpc) is 3.06. The highest BCUT2D eigenvalue weighted by Crippen LogP contribution is 2.21. The van der Waals surface area contributed by atoms with Crippen molar-refractivity contribution >= 4 is 17.4 Å². The highest BCUT2D eigenvalue weighted by molar-refractivity contribution is 5.90. The van der Waals surface area contributed by atoms with Crippen LogP contribution in [-0.4, -0.2) is 25.7 Å². The van der Waals surface area contributed by atoms with Crippen LogP contribution in [0.4, 0.5) is 11.5 Å². The first-order valence-electron chi connectivity index (χ1n) is 8.55. The van der Waals surface area contributed by atoms with Crippen LogP contribution in [0.2, 0.25) is 0 Å². The lowest BCUT2D eigenvalue weighted by atomic mass is 10.1. The maximum absolute atomic E-state index is 12.4. The Kier molecular flexibility index (Phi) is 5.26. The van der Waals surface area contributed by atoms with Crippen LogP contribution in [-0.2, 0) is 11.2 Å². The monoisotopic (exact) mass is 350 g/mol. The fourth-order valence-electron chi connectivity index (χ4n) is 2.54. The van der Waals surface area contributed by atoms with Crippen LogP contribution < -0.4 is 11.1 Å². The molecular formula is C19H22N6O. The SMILES string of the molecule is CC(C)c1cc(NC(=O)CCc2ccccc2N)n(-c2ncccn2)n1. The second kappa shape index (κ2) is 7.77. The van der Waals surface area contributed by atoms with Crippen LogP contribution in [0.25, 0.3) is 5.95 Å². The first kappa shape index (κ1) is 17.6. The second-order valence-corrected chi connectivity index (χ2v) is 6.32. The maximum atomic E-state index is 12.4. The van der Waals surface area contributed by atoms with Crippen LogP contribution in [0, 0.1) is 0 Å². The van der Waals surface area contributed by atoms with E-state index in [1.54, 1.807) is 23.1 Å². The molecule has 3 aromatic rings. The highest BCUT2D eigenvalue weighted by Gasteiger charge is 2.16. The number of nitrogens with two attached hydrogens (primary N) is 1. The number of anilines is 2. The zero-order valence-electron chi connectivity index (χ0n) is 14.9. The van der Waals surface area contributed by atoms with E-state index in [1.165, 1.54) is 0 Å². The Morgan fingerprint density at radius 1 is 1.19 bits per heavy atom. The molecule has 0 atom stereocenters. The maximum Gasteiger partial charge on any atom is 0.252 e. The summed E-state index contributed by atoms with van der Waals surface area (Å²) < 4.78 is 1.56. The number of nitrogen functional groups attached to an aromatic ring is 1. The Labute approximate surface area is 152 Å². The summed E-state index contributed by atoms with van der Waals surface area (Å²) in [7, 11) is 0. The van der Waals surface area contributed by atoms with Gasteiger partial charge in [0.15, 0.2) is 0 Å². The summed E-state index contributed by atoms with van der Waals surface area (Å²) in [5, 5.41) is 7.44. The van der Waals surface area contributed by atoms with Crippen LogP contribution in [0.5, 0.6) is 0 Å². The summed E-state index contributed by atoms with van der Waals surface area (Å²) in [6.45, 7) is 4.09. The third-order valence-electron chi connectivity index (χ3n) is 4.01. The van der Waals surface area contributed by atoms with Crippen LogP contribution >= 0.6 is 0 Å². The zero-order chi connectivity index (χ0) is 18.5. The Bertz CT molecular complexity index is 888. The molecule has 0 unspecified atom stereocenters. The lowest BCUT2D eigenvalue weighted by Gasteiger charge is -2.08. The first-order valence-corrected chi connectivity index (χ1v) is 8.55. The molecule has 26 heavy (non-hydrogen) atoms. The normalized spacial score (nSPS) is 10.9. The minimum Gasteiger partial charge on any atom is -0.399 e. The molecule has 0 aliphatic rings. The molecule has 2 aromatic heterocycles. The van der Waals surface area contributed by atoms with Gasteiger partial charge >= 0.3 is 0 Å². The molecule has 0 fully saturated rings. The van der Waals surface area contributed by atoms with Crippen molar-refractivity contribution in [1.29, 1.82) is 0 Å². The molecule has 1 amide bonds.